The number of piperidine rings is 1. The normalized spacial score (nSPS) is 17.2. The Morgan fingerprint density at radius 3 is 2.80 bits per heavy atom. The zero-order valence-electron chi connectivity index (χ0n) is 14.5. The highest BCUT2D eigenvalue weighted by Gasteiger charge is 2.17. The van der Waals surface area contributed by atoms with Crippen LogP contribution >= 0.6 is 0 Å². The van der Waals surface area contributed by atoms with Crippen molar-refractivity contribution in [1.29, 1.82) is 0 Å². The molecule has 2 heterocycles. The van der Waals surface area contributed by atoms with Crippen LogP contribution in [0.3, 0.4) is 0 Å². The second-order valence-electron chi connectivity index (χ2n) is 6.18. The molecule has 3 rings (SSSR count). The molecular weight excluding hydrogens is 323 g/mol. The Hall–Kier alpha value is -2.34. The van der Waals surface area contributed by atoms with Crippen molar-refractivity contribution in [1.82, 2.24) is 10.3 Å². The second-order valence-corrected chi connectivity index (χ2v) is 6.18. The van der Waals surface area contributed by atoms with E-state index >= 15 is 0 Å². The summed E-state index contributed by atoms with van der Waals surface area (Å²) in [5.74, 6) is 1.72. The quantitative estimate of drug-likeness (QED) is 0.864. The third-order valence-corrected chi connectivity index (χ3v) is 4.17. The first-order chi connectivity index (χ1) is 12.2. The number of ether oxygens (including phenoxy) is 3. The van der Waals surface area contributed by atoms with Crippen LogP contribution in [0.2, 0.25) is 0 Å². The first-order valence-electron chi connectivity index (χ1n) is 8.48. The van der Waals surface area contributed by atoms with Gasteiger partial charge in [-0.1, -0.05) is 0 Å². The average molecular weight is 346 g/mol. The van der Waals surface area contributed by atoms with Gasteiger partial charge in [0.1, 0.15) is 5.82 Å². The number of pyridine rings is 1. The lowest BCUT2D eigenvalue weighted by molar-refractivity contribution is 0.211. The lowest BCUT2D eigenvalue weighted by atomic mass is 10.0. The van der Waals surface area contributed by atoms with Crippen LogP contribution in [-0.4, -0.2) is 31.8 Å². The maximum absolute atomic E-state index is 13.4. The molecule has 1 saturated heterocycles. The van der Waals surface area contributed by atoms with Gasteiger partial charge >= 0.3 is 0 Å². The SMILES string of the molecule is COc1cc(F)ccc1Oc1nc(C)ccc1OCC1CCCNC1. The number of methoxy groups -OCH3 is 1. The van der Waals surface area contributed by atoms with Gasteiger partial charge in [-0.3, -0.25) is 0 Å². The fourth-order valence-electron chi connectivity index (χ4n) is 2.81. The van der Waals surface area contributed by atoms with E-state index in [4.69, 9.17) is 14.2 Å². The van der Waals surface area contributed by atoms with Crippen molar-refractivity contribution in [3.05, 3.63) is 41.8 Å². The summed E-state index contributed by atoms with van der Waals surface area (Å²) in [5.41, 5.74) is 0.808. The number of rotatable bonds is 6. The van der Waals surface area contributed by atoms with Crippen LogP contribution in [0.15, 0.2) is 30.3 Å². The highest BCUT2D eigenvalue weighted by atomic mass is 19.1. The van der Waals surface area contributed by atoms with Crippen molar-refractivity contribution in [3.8, 4) is 23.1 Å². The zero-order chi connectivity index (χ0) is 17.6. The molecule has 0 spiro atoms. The molecule has 0 saturated carbocycles. The summed E-state index contributed by atoms with van der Waals surface area (Å²) in [6.07, 6.45) is 2.31. The van der Waals surface area contributed by atoms with E-state index in [0.717, 1.165) is 31.6 Å². The molecule has 0 amide bonds. The van der Waals surface area contributed by atoms with Crippen molar-refractivity contribution in [2.45, 2.75) is 19.8 Å². The Kier molecular flexibility index (Phi) is 5.71. The Bertz CT molecular complexity index is 718. The van der Waals surface area contributed by atoms with E-state index in [2.05, 4.69) is 10.3 Å². The fourth-order valence-corrected chi connectivity index (χ4v) is 2.81. The van der Waals surface area contributed by atoms with Gasteiger partial charge in [-0.15, -0.1) is 0 Å². The molecule has 1 aliphatic heterocycles. The Morgan fingerprint density at radius 2 is 2.04 bits per heavy atom. The summed E-state index contributed by atoms with van der Waals surface area (Å²) in [7, 11) is 1.47. The lowest BCUT2D eigenvalue weighted by Gasteiger charge is -2.23. The Labute approximate surface area is 147 Å². The molecule has 1 aromatic carbocycles. The van der Waals surface area contributed by atoms with Crippen molar-refractivity contribution < 1.29 is 18.6 Å². The molecule has 0 radical (unpaired) electrons. The molecule has 6 heteroatoms. The topological polar surface area (TPSA) is 52.6 Å². The molecule has 25 heavy (non-hydrogen) atoms. The number of nitrogens with one attached hydrogen (secondary N) is 1. The number of aromatic nitrogens is 1. The maximum atomic E-state index is 13.4. The number of halogens is 1. The van der Waals surface area contributed by atoms with Crippen LogP contribution in [-0.2, 0) is 0 Å². The first kappa shape index (κ1) is 17.5. The zero-order valence-corrected chi connectivity index (χ0v) is 14.5. The molecule has 0 aliphatic carbocycles. The number of nitrogens with zero attached hydrogens (tertiary/aromatic N) is 1. The summed E-state index contributed by atoms with van der Waals surface area (Å²) in [6.45, 7) is 4.51. The molecular formula is C19H23FN2O3. The Morgan fingerprint density at radius 1 is 1.20 bits per heavy atom. The second kappa shape index (κ2) is 8.16. The maximum Gasteiger partial charge on any atom is 0.262 e. The van der Waals surface area contributed by atoms with E-state index in [1.54, 1.807) is 0 Å². The predicted octanol–water partition coefficient (Wildman–Crippen LogP) is 3.71. The van der Waals surface area contributed by atoms with Gasteiger partial charge in [0, 0.05) is 24.2 Å². The Balaban J connectivity index is 1.77. The highest BCUT2D eigenvalue weighted by molar-refractivity contribution is 5.45. The van der Waals surface area contributed by atoms with Gasteiger partial charge in [0.05, 0.1) is 13.7 Å². The third kappa shape index (κ3) is 4.60. The molecule has 2 aromatic rings. The molecule has 1 aliphatic rings. The van der Waals surface area contributed by atoms with Gasteiger partial charge in [-0.25, -0.2) is 9.37 Å². The average Bonchev–Trinajstić information content (AvgIpc) is 2.63. The fraction of sp³-hybridized carbons (Fsp3) is 0.421. The van der Waals surface area contributed by atoms with Gasteiger partial charge < -0.3 is 19.5 Å². The molecule has 0 bridgehead atoms. The van der Waals surface area contributed by atoms with E-state index in [1.165, 1.54) is 25.3 Å². The van der Waals surface area contributed by atoms with Crippen LogP contribution in [0.4, 0.5) is 4.39 Å². The van der Waals surface area contributed by atoms with E-state index in [1.807, 2.05) is 19.1 Å². The molecule has 134 valence electrons. The third-order valence-electron chi connectivity index (χ3n) is 4.17. The summed E-state index contributed by atoms with van der Waals surface area (Å²) in [4.78, 5) is 4.42. The van der Waals surface area contributed by atoms with Gasteiger partial charge in [-0.05, 0) is 50.6 Å². The lowest BCUT2D eigenvalue weighted by Crippen LogP contribution is -2.33. The molecule has 1 fully saturated rings. The largest absolute Gasteiger partial charge is 0.493 e. The number of hydrogen-bond donors (Lipinski definition) is 1. The monoisotopic (exact) mass is 346 g/mol. The molecule has 1 atom stereocenters. The summed E-state index contributed by atoms with van der Waals surface area (Å²) in [5, 5.41) is 3.38. The van der Waals surface area contributed by atoms with Gasteiger partial charge in [-0.2, -0.15) is 0 Å². The van der Waals surface area contributed by atoms with E-state index in [-0.39, 0.29) is 5.82 Å². The van der Waals surface area contributed by atoms with Gasteiger partial charge in [0.2, 0.25) is 0 Å². The van der Waals surface area contributed by atoms with Crippen molar-refractivity contribution >= 4 is 0 Å². The van der Waals surface area contributed by atoms with Crippen LogP contribution in [0.1, 0.15) is 18.5 Å². The van der Waals surface area contributed by atoms with E-state index < -0.39 is 0 Å². The number of aryl methyl sites for hydroxylation is 1. The van der Waals surface area contributed by atoms with Crippen LogP contribution < -0.4 is 19.5 Å². The molecule has 1 aromatic heterocycles. The summed E-state index contributed by atoms with van der Waals surface area (Å²) < 4.78 is 30.4. The van der Waals surface area contributed by atoms with E-state index in [0.29, 0.717) is 35.7 Å². The van der Waals surface area contributed by atoms with Crippen LogP contribution in [0, 0.1) is 18.7 Å². The summed E-state index contributed by atoms with van der Waals surface area (Å²) >= 11 is 0. The van der Waals surface area contributed by atoms with Crippen LogP contribution in [0.25, 0.3) is 0 Å². The number of benzene rings is 1. The smallest absolute Gasteiger partial charge is 0.262 e. The van der Waals surface area contributed by atoms with Crippen LogP contribution in [0.5, 0.6) is 23.1 Å². The molecule has 1 unspecified atom stereocenters. The predicted molar refractivity (Wildman–Crippen MR) is 93.1 cm³/mol. The first-order valence-corrected chi connectivity index (χ1v) is 8.48. The van der Waals surface area contributed by atoms with Crippen molar-refractivity contribution in [2.24, 2.45) is 5.92 Å². The minimum absolute atomic E-state index is 0.311. The molecule has 1 N–H and O–H groups in total. The number of hydrogen-bond acceptors (Lipinski definition) is 5. The van der Waals surface area contributed by atoms with Gasteiger partial charge in [0.25, 0.3) is 5.88 Å². The summed E-state index contributed by atoms with van der Waals surface area (Å²) in [6, 6.07) is 7.85. The van der Waals surface area contributed by atoms with Crippen molar-refractivity contribution in [3.63, 3.8) is 0 Å². The van der Waals surface area contributed by atoms with Crippen molar-refractivity contribution in [2.75, 3.05) is 26.8 Å². The molecule has 5 nitrogen and oxygen atoms in total. The minimum Gasteiger partial charge on any atom is -0.493 e. The highest BCUT2D eigenvalue weighted by Crippen LogP contribution is 2.35. The minimum atomic E-state index is -0.386. The van der Waals surface area contributed by atoms with E-state index in [9.17, 15) is 4.39 Å². The van der Waals surface area contributed by atoms with Gasteiger partial charge in [0.15, 0.2) is 17.2 Å². The standard InChI is InChI=1S/C19H23FN2O3/c1-13-5-7-17(24-12-14-4-3-9-21-11-14)19(22-13)25-16-8-6-15(20)10-18(16)23-2/h5-8,10,14,21H,3-4,9,11-12H2,1-2H3.